The molecule has 3 heterocycles. The normalized spacial score (nSPS) is 24.1. The summed E-state index contributed by atoms with van der Waals surface area (Å²) >= 11 is 7.74. The lowest BCUT2D eigenvalue weighted by molar-refractivity contribution is 0.0697. The number of ether oxygens (including phenoxy) is 1. The second-order valence-electron chi connectivity index (χ2n) is 9.13. The van der Waals surface area contributed by atoms with Crippen molar-refractivity contribution in [1.82, 2.24) is 9.97 Å². The number of benzene rings is 1. The van der Waals surface area contributed by atoms with E-state index in [-0.39, 0.29) is 30.0 Å². The number of anilines is 1. The number of nitrogens with zero attached hydrogens (tertiary/aromatic N) is 2. The van der Waals surface area contributed by atoms with Gasteiger partial charge in [0.2, 0.25) is 5.78 Å². The van der Waals surface area contributed by atoms with Crippen LogP contribution in [0.25, 0.3) is 0 Å². The zero-order chi connectivity index (χ0) is 23.8. The molecule has 0 radical (unpaired) electrons. The molecule has 0 amide bonds. The van der Waals surface area contributed by atoms with E-state index in [4.69, 9.17) is 16.3 Å². The standard InChI is InChI=1S/C26H28ClN3O3S/c1-3-15-8-18(10-22(15)31)30-26-21(12-28-13-29-26)24(32)23-11-19(14(2)34-23)25-20-9-17(27)5-4-16(20)6-7-33-25/h4-5,9,11-13,15,18,22,25,31H,3,6-8,10H2,1-2H3,(H,28,29,30)/t15-,18+,22-,25-/m0/s1. The maximum atomic E-state index is 13.6. The van der Waals surface area contributed by atoms with Gasteiger partial charge in [0.15, 0.2) is 0 Å². The molecule has 2 aliphatic rings. The Balaban J connectivity index is 1.42. The number of fused-ring (bicyclic) bond motifs is 1. The van der Waals surface area contributed by atoms with Crippen molar-refractivity contribution in [2.45, 2.75) is 57.8 Å². The summed E-state index contributed by atoms with van der Waals surface area (Å²) < 4.78 is 6.14. The van der Waals surface area contributed by atoms with Gasteiger partial charge in [-0.1, -0.05) is 31.0 Å². The van der Waals surface area contributed by atoms with Crippen molar-refractivity contribution in [3.63, 3.8) is 0 Å². The molecule has 0 bridgehead atoms. The lowest BCUT2D eigenvalue weighted by Gasteiger charge is -2.26. The number of rotatable bonds is 6. The van der Waals surface area contributed by atoms with Crippen molar-refractivity contribution in [3.05, 3.63) is 73.8 Å². The van der Waals surface area contributed by atoms with Crippen molar-refractivity contribution in [1.29, 1.82) is 0 Å². The molecule has 0 spiro atoms. The van der Waals surface area contributed by atoms with Gasteiger partial charge in [0, 0.05) is 22.1 Å². The van der Waals surface area contributed by atoms with Crippen LogP contribution in [-0.4, -0.2) is 39.6 Å². The highest BCUT2D eigenvalue weighted by atomic mass is 35.5. The van der Waals surface area contributed by atoms with Crippen molar-refractivity contribution in [3.8, 4) is 0 Å². The Kier molecular flexibility index (Phi) is 6.71. The summed E-state index contributed by atoms with van der Waals surface area (Å²) in [5.41, 5.74) is 3.73. The Hall–Kier alpha value is -2.32. The van der Waals surface area contributed by atoms with Crippen LogP contribution in [0.5, 0.6) is 0 Å². The minimum Gasteiger partial charge on any atom is -0.393 e. The van der Waals surface area contributed by atoms with Gasteiger partial charge in [0.05, 0.1) is 23.2 Å². The van der Waals surface area contributed by atoms with Crippen molar-refractivity contribution >= 4 is 34.5 Å². The number of carbonyl (C=O) groups excluding carboxylic acids is 1. The van der Waals surface area contributed by atoms with E-state index in [1.165, 1.54) is 23.2 Å². The Morgan fingerprint density at radius 1 is 1.29 bits per heavy atom. The number of thiophene rings is 1. The molecule has 2 aromatic heterocycles. The van der Waals surface area contributed by atoms with Crippen molar-refractivity contribution in [2.24, 2.45) is 5.92 Å². The topological polar surface area (TPSA) is 84.3 Å². The molecule has 0 saturated heterocycles. The number of nitrogens with one attached hydrogen (secondary N) is 1. The van der Waals surface area contributed by atoms with Gasteiger partial charge >= 0.3 is 0 Å². The molecule has 1 fully saturated rings. The van der Waals surface area contributed by atoms with Crippen LogP contribution in [0.1, 0.15) is 69.1 Å². The predicted octanol–water partition coefficient (Wildman–Crippen LogP) is 5.35. The number of halogens is 1. The molecule has 8 heteroatoms. The highest BCUT2D eigenvalue weighted by Gasteiger charge is 2.33. The Morgan fingerprint density at radius 2 is 2.15 bits per heavy atom. The first kappa shape index (κ1) is 23.4. The second kappa shape index (κ2) is 9.74. The molecule has 1 aliphatic carbocycles. The van der Waals surface area contributed by atoms with Crippen LogP contribution in [0.2, 0.25) is 5.02 Å². The fourth-order valence-electron chi connectivity index (χ4n) is 5.14. The van der Waals surface area contributed by atoms with E-state index in [2.05, 4.69) is 28.3 Å². The van der Waals surface area contributed by atoms with E-state index in [1.807, 2.05) is 25.1 Å². The second-order valence-corrected chi connectivity index (χ2v) is 10.8. The first-order valence-corrected chi connectivity index (χ1v) is 12.9. The quantitative estimate of drug-likeness (QED) is 0.446. The van der Waals surface area contributed by atoms with E-state index >= 15 is 0 Å². The minimum atomic E-state index is -0.321. The molecule has 1 saturated carbocycles. The van der Waals surface area contributed by atoms with Crippen LogP contribution < -0.4 is 5.32 Å². The van der Waals surface area contributed by atoms with Gasteiger partial charge in [0.1, 0.15) is 18.2 Å². The van der Waals surface area contributed by atoms with Crippen LogP contribution in [0.4, 0.5) is 5.82 Å². The molecule has 3 aromatic rings. The van der Waals surface area contributed by atoms with E-state index in [0.29, 0.717) is 34.3 Å². The summed E-state index contributed by atoms with van der Waals surface area (Å²) in [7, 11) is 0. The van der Waals surface area contributed by atoms with Gasteiger partial charge in [-0.3, -0.25) is 4.79 Å². The minimum absolute atomic E-state index is 0.0823. The summed E-state index contributed by atoms with van der Waals surface area (Å²) in [6.07, 6.45) is 5.75. The van der Waals surface area contributed by atoms with Crippen LogP contribution >= 0.6 is 22.9 Å². The maximum Gasteiger partial charge on any atom is 0.208 e. The van der Waals surface area contributed by atoms with Gasteiger partial charge in [-0.05, 0) is 67.0 Å². The summed E-state index contributed by atoms with van der Waals surface area (Å²) in [4.78, 5) is 23.7. The number of ketones is 1. The number of hydrogen-bond donors (Lipinski definition) is 2. The Labute approximate surface area is 208 Å². The fraction of sp³-hybridized carbons (Fsp3) is 0.423. The van der Waals surface area contributed by atoms with E-state index in [1.54, 1.807) is 6.20 Å². The third kappa shape index (κ3) is 4.50. The van der Waals surface area contributed by atoms with Crippen LogP contribution in [0.15, 0.2) is 36.8 Å². The Bertz CT molecular complexity index is 1210. The number of aliphatic hydroxyl groups excluding tert-OH is 1. The number of aryl methyl sites for hydroxylation is 1. The molecule has 5 rings (SSSR count). The van der Waals surface area contributed by atoms with Gasteiger partial charge in [-0.25, -0.2) is 9.97 Å². The molecule has 178 valence electrons. The van der Waals surface area contributed by atoms with Crippen LogP contribution in [-0.2, 0) is 11.2 Å². The zero-order valence-corrected chi connectivity index (χ0v) is 20.8. The third-order valence-electron chi connectivity index (χ3n) is 6.99. The number of aromatic nitrogens is 2. The largest absolute Gasteiger partial charge is 0.393 e. The average Bonchev–Trinajstić information content (AvgIpc) is 3.40. The van der Waals surface area contributed by atoms with Crippen molar-refractivity contribution < 1.29 is 14.6 Å². The van der Waals surface area contributed by atoms with E-state index in [9.17, 15) is 9.90 Å². The van der Waals surface area contributed by atoms with Crippen LogP contribution in [0, 0.1) is 12.8 Å². The van der Waals surface area contributed by atoms with Crippen LogP contribution in [0.3, 0.4) is 0 Å². The Morgan fingerprint density at radius 3 is 2.94 bits per heavy atom. The molecule has 6 nitrogen and oxygen atoms in total. The molecule has 1 aromatic carbocycles. The number of hydrogen-bond acceptors (Lipinski definition) is 7. The summed E-state index contributed by atoms with van der Waals surface area (Å²) in [6.45, 7) is 4.74. The first-order chi connectivity index (χ1) is 16.4. The number of carbonyl (C=O) groups is 1. The molecular formula is C26H28ClN3O3S. The van der Waals surface area contributed by atoms with Crippen molar-refractivity contribution in [2.75, 3.05) is 11.9 Å². The molecule has 0 unspecified atom stereocenters. The highest BCUT2D eigenvalue weighted by Crippen LogP contribution is 2.39. The molecular weight excluding hydrogens is 470 g/mol. The summed E-state index contributed by atoms with van der Waals surface area (Å²) in [5.74, 6) is 0.677. The van der Waals surface area contributed by atoms with E-state index < -0.39 is 0 Å². The summed E-state index contributed by atoms with van der Waals surface area (Å²) in [6, 6.07) is 7.95. The molecule has 34 heavy (non-hydrogen) atoms. The zero-order valence-electron chi connectivity index (χ0n) is 19.3. The van der Waals surface area contributed by atoms with Gasteiger partial charge < -0.3 is 15.2 Å². The molecule has 4 atom stereocenters. The lowest BCUT2D eigenvalue weighted by Crippen LogP contribution is -2.20. The van der Waals surface area contributed by atoms with Gasteiger partial charge in [0.25, 0.3) is 0 Å². The third-order valence-corrected chi connectivity index (χ3v) is 8.29. The number of aliphatic hydroxyl groups is 1. The smallest absolute Gasteiger partial charge is 0.208 e. The fourth-order valence-corrected chi connectivity index (χ4v) is 6.32. The molecule has 1 aliphatic heterocycles. The summed E-state index contributed by atoms with van der Waals surface area (Å²) in [5, 5.41) is 14.4. The predicted molar refractivity (Wildman–Crippen MR) is 134 cm³/mol. The van der Waals surface area contributed by atoms with E-state index in [0.717, 1.165) is 35.3 Å². The van der Waals surface area contributed by atoms with Gasteiger partial charge in [-0.15, -0.1) is 11.3 Å². The molecule has 2 N–H and O–H groups in total. The monoisotopic (exact) mass is 497 g/mol. The highest BCUT2D eigenvalue weighted by molar-refractivity contribution is 7.14. The van der Waals surface area contributed by atoms with Gasteiger partial charge in [-0.2, -0.15) is 0 Å². The maximum absolute atomic E-state index is 13.6. The SMILES string of the molecule is CC[C@H]1C[C@@H](Nc2ncncc2C(=O)c2cc([C@@H]3OCCc4ccc(Cl)cc43)c(C)s2)C[C@@H]1O. The average molecular weight is 498 g/mol. The first-order valence-electron chi connectivity index (χ1n) is 11.7. The lowest BCUT2D eigenvalue weighted by atomic mass is 9.93.